The topological polar surface area (TPSA) is 104 Å². The number of carboxylic acids is 1. The van der Waals surface area contributed by atoms with Gasteiger partial charge in [-0.2, -0.15) is 0 Å². The lowest BCUT2D eigenvalue weighted by molar-refractivity contribution is -0.137. The third-order valence-corrected chi connectivity index (χ3v) is 3.33. The summed E-state index contributed by atoms with van der Waals surface area (Å²) in [4.78, 5) is 21.8. The van der Waals surface area contributed by atoms with E-state index in [1.165, 1.54) is 11.3 Å². The van der Waals surface area contributed by atoms with Crippen LogP contribution in [-0.2, 0) is 11.2 Å². The second kappa shape index (κ2) is 8.41. The molecule has 0 aromatic carbocycles. The molecule has 0 atom stereocenters. The summed E-state index contributed by atoms with van der Waals surface area (Å²) in [6.45, 7) is 2.49. The van der Waals surface area contributed by atoms with E-state index in [2.05, 4.69) is 20.8 Å². The smallest absolute Gasteiger partial charge is 0.321 e. The highest BCUT2D eigenvalue weighted by atomic mass is 32.1. The van der Waals surface area contributed by atoms with Crippen LogP contribution in [0.25, 0.3) is 0 Å². The molecule has 2 amide bonds. The monoisotopic (exact) mass is 286 g/mol. The van der Waals surface area contributed by atoms with Crippen molar-refractivity contribution < 1.29 is 14.7 Å². The van der Waals surface area contributed by atoms with Crippen LogP contribution in [0.3, 0.4) is 0 Å². The Morgan fingerprint density at radius 2 is 2.05 bits per heavy atom. The zero-order valence-electron chi connectivity index (χ0n) is 10.8. The zero-order chi connectivity index (χ0) is 14.1. The fourth-order valence-electron chi connectivity index (χ4n) is 1.37. The lowest BCUT2D eigenvalue weighted by Gasteiger charge is -2.04. The molecule has 1 aromatic heterocycles. The van der Waals surface area contributed by atoms with Crippen LogP contribution >= 0.6 is 11.3 Å². The van der Waals surface area contributed by atoms with Crippen molar-refractivity contribution in [3.05, 3.63) is 5.01 Å². The molecule has 8 heteroatoms. The third kappa shape index (κ3) is 6.70. The molecule has 1 aromatic rings. The average Bonchev–Trinajstić information content (AvgIpc) is 2.81. The fourth-order valence-corrected chi connectivity index (χ4v) is 2.04. The SMILES string of the molecule is CCc1nnc(NC(=O)NCCCCCC(=O)O)s1. The number of carbonyl (C=O) groups excluding carboxylic acids is 1. The lowest BCUT2D eigenvalue weighted by Crippen LogP contribution is -2.29. The first-order chi connectivity index (χ1) is 9.11. The number of hydrogen-bond acceptors (Lipinski definition) is 5. The number of nitrogens with one attached hydrogen (secondary N) is 2. The Hall–Kier alpha value is -1.70. The van der Waals surface area contributed by atoms with Crippen LogP contribution < -0.4 is 10.6 Å². The summed E-state index contributed by atoms with van der Waals surface area (Å²) in [5.41, 5.74) is 0. The van der Waals surface area contributed by atoms with Gasteiger partial charge in [0.1, 0.15) is 5.01 Å². The van der Waals surface area contributed by atoms with Gasteiger partial charge in [-0.3, -0.25) is 10.1 Å². The van der Waals surface area contributed by atoms with Crippen LogP contribution in [0.2, 0.25) is 0 Å². The number of aromatic nitrogens is 2. The Morgan fingerprint density at radius 3 is 2.68 bits per heavy atom. The van der Waals surface area contributed by atoms with E-state index in [4.69, 9.17) is 5.11 Å². The Labute approximate surface area is 115 Å². The number of aliphatic carboxylic acids is 1. The molecule has 0 saturated heterocycles. The highest BCUT2D eigenvalue weighted by molar-refractivity contribution is 7.15. The van der Waals surface area contributed by atoms with Crippen molar-refractivity contribution in [2.75, 3.05) is 11.9 Å². The lowest BCUT2D eigenvalue weighted by atomic mass is 10.2. The predicted octanol–water partition coefficient (Wildman–Crippen LogP) is 1.87. The van der Waals surface area contributed by atoms with Crippen molar-refractivity contribution in [1.82, 2.24) is 15.5 Å². The second-order valence-electron chi connectivity index (χ2n) is 3.94. The first-order valence-electron chi connectivity index (χ1n) is 6.21. The standard InChI is InChI=1S/C11H18N4O3S/c1-2-8-14-15-11(19-8)13-10(18)12-7-5-3-4-6-9(16)17/h2-7H2,1H3,(H,16,17)(H2,12,13,15,18). The third-order valence-electron chi connectivity index (χ3n) is 2.34. The van der Waals surface area contributed by atoms with Crippen LogP contribution in [0.1, 0.15) is 37.6 Å². The maximum absolute atomic E-state index is 11.5. The number of amides is 2. The Balaban J connectivity index is 2.09. The van der Waals surface area contributed by atoms with Gasteiger partial charge in [-0.1, -0.05) is 24.7 Å². The van der Waals surface area contributed by atoms with Gasteiger partial charge in [-0.25, -0.2) is 4.79 Å². The quantitative estimate of drug-likeness (QED) is 0.633. The number of urea groups is 1. The number of hydrogen-bond donors (Lipinski definition) is 3. The number of carboxylic acid groups (broad SMARTS) is 1. The number of rotatable bonds is 8. The Morgan fingerprint density at radius 1 is 1.26 bits per heavy atom. The van der Waals surface area contributed by atoms with Crippen molar-refractivity contribution in [3.63, 3.8) is 0 Å². The summed E-state index contributed by atoms with van der Waals surface area (Å²) in [6, 6.07) is -0.308. The van der Waals surface area contributed by atoms with Crippen LogP contribution in [0.15, 0.2) is 0 Å². The number of carbonyl (C=O) groups is 2. The molecule has 3 N–H and O–H groups in total. The molecule has 0 aliphatic carbocycles. The molecule has 7 nitrogen and oxygen atoms in total. The maximum atomic E-state index is 11.5. The van der Waals surface area contributed by atoms with Gasteiger partial charge in [0.2, 0.25) is 5.13 Å². The molecule has 0 aliphatic rings. The number of aryl methyl sites for hydroxylation is 1. The maximum Gasteiger partial charge on any atom is 0.321 e. The molecular formula is C11H18N4O3S. The number of nitrogens with zero attached hydrogens (tertiary/aromatic N) is 2. The van der Waals surface area contributed by atoms with Gasteiger partial charge in [-0.15, -0.1) is 10.2 Å². The molecule has 0 bridgehead atoms. The largest absolute Gasteiger partial charge is 0.481 e. The molecule has 106 valence electrons. The van der Waals surface area contributed by atoms with Crippen molar-refractivity contribution >= 4 is 28.5 Å². The highest BCUT2D eigenvalue weighted by Gasteiger charge is 2.06. The van der Waals surface area contributed by atoms with Gasteiger partial charge < -0.3 is 10.4 Å². The average molecular weight is 286 g/mol. The normalized spacial score (nSPS) is 10.2. The van der Waals surface area contributed by atoms with Crippen molar-refractivity contribution in [2.45, 2.75) is 39.0 Å². The van der Waals surface area contributed by atoms with E-state index in [-0.39, 0.29) is 12.5 Å². The van der Waals surface area contributed by atoms with Gasteiger partial charge in [0, 0.05) is 13.0 Å². The summed E-state index contributed by atoms with van der Waals surface area (Å²) in [6.07, 6.45) is 3.15. The summed E-state index contributed by atoms with van der Waals surface area (Å²) in [5, 5.41) is 22.8. The van der Waals surface area contributed by atoms with Crippen LogP contribution in [-0.4, -0.2) is 33.8 Å². The first kappa shape index (κ1) is 15.4. The van der Waals surface area contributed by atoms with E-state index in [9.17, 15) is 9.59 Å². The summed E-state index contributed by atoms with van der Waals surface area (Å²) >= 11 is 1.35. The molecule has 1 rings (SSSR count). The Kier molecular flexibility index (Phi) is 6.80. The molecule has 1 heterocycles. The minimum Gasteiger partial charge on any atom is -0.481 e. The summed E-state index contributed by atoms with van der Waals surface area (Å²) in [5.74, 6) is -0.784. The summed E-state index contributed by atoms with van der Waals surface area (Å²) < 4.78 is 0. The molecule has 19 heavy (non-hydrogen) atoms. The fraction of sp³-hybridized carbons (Fsp3) is 0.636. The number of anilines is 1. The van der Waals surface area contributed by atoms with E-state index in [1.54, 1.807) is 0 Å². The predicted molar refractivity (Wildman–Crippen MR) is 72.4 cm³/mol. The van der Waals surface area contributed by atoms with Gasteiger partial charge in [0.15, 0.2) is 0 Å². The molecular weight excluding hydrogens is 268 g/mol. The van der Waals surface area contributed by atoms with Gasteiger partial charge in [-0.05, 0) is 19.3 Å². The van der Waals surface area contributed by atoms with E-state index < -0.39 is 5.97 Å². The Bertz CT molecular complexity index is 422. The van der Waals surface area contributed by atoms with Gasteiger partial charge >= 0.3 is 12.0 Å². The van der Waals surface area contributed by atoms with Gasteiger partial charge in [0.05, 0.1) is 0 Å². The van der Waals surface area contributed by atoms with Crippen LogP contribution in [0.5, 0.6) is 0 Å². The van der Waals surface area contributed by atoms with Crippen LogP contribution in [0, 0.1) is 0 Å². The van der Waals surface area contributed by atoms with Crippen molar-refractivity contribution in [3.8, 4) is 0 Å². The van der Waals surface area contributed by atoms with E-state index in [0.717, 1.165) is 24.3 Å². The molecule has 0 spiro atoms. The van der Waals surface area contributed by atoms with E-state index in [1.807, 2.05) is 6.92 Å². The van der Waals surface area contributed by atoms with Gasteiger partial charge in [0.25, 0.3) is 0 Å². The van der Waals surface area contributed by atoms with Crippen molar-refractivity contribution in [2.24, 2.45) is 0 Å². The second-order valence-corrected chi connectivity index (χ2v) is 5.00. The van der Waals surface area contributed by atoms with E-state index >= 15 is 0 Å². The minimum atomic E-state index is -0.784. The molecule has 0 aliphatic heterocycles. The molecule has 0 unspecified atom stereocenters. The first-order valence-corrected chi connectivity index (χ1v) is 7.02. The molecule has 0 saturated carbocycles. The molecule has 0 fully saturated rings. The van der Waals surface area contributed by atoms with Crippen molar-refractivity contribution in [1.29, 1.82) is 0 Å². The molecule has 0 radical (unpaired) electrons. The number of unbranched alkanes of at least 4 members (excludes halogenated alkanes) is 2. The van der Waals surface area contributed by atoms with Crippen LogP contribution in [0.4, 0.5) is 9.93 Å². The zero-order valence-corrected chi connectivity index (χ0v) is 11.6. The van der Waals surface area contributed by atoms with E-state index in [0.29, 0.717) is 18.1 Å². The highest BCUT2D eigenvalue weighted by Crippen LogP contribution is 2.14. The summed E-state index contributed by atoms with van der Waals surface area (Å²) in [7, 11) is 0. The minimum absolute atomic E-state index is 0.177.